The summed E-state index contributed by atoms with van der Waals surface area (Å²) in [5.74, 6) is -0.0437. The van der Waals surface area contributed by atoms with Gasteiger partial charge in [0.25, 0.3) is 0 Å². The minimum Gasteiger partial charge on any atom is -0.462 e. The highest BCUT2D eigenvalue weighted by atomic mass is 16.6. The maximum atomic E-state index is 12.7. The average Bonchev–Trinajstić information content (AvgIpc) is 3.17. The molecule has 6 nitrogen and oxygen atoms in total. The summed E-state index contributed by atoms with van der Waals surface area (Å²) in [4.78, 5) is 37.7. The summed E-state index contributed by atoms with van der Waals surface area (Å²) in [7, 11) is 0. The van der Waals surface area contributed by atoms with E-state index in [9.17, 15) is 14.4 Å². The van der Waals surface area contributed by atoms with Crippen LogP contribution in [0.3, 0.4) is 0 Å². The predicted octanol–water partition coefficient (Wildman–Crippen LogP) is 15.5. The van der Waals surface area contributed by atoms with Gasteiger partial charge in [0, 0.05) is 19.3 Å². The normalized spacial score (nSPS) is 11.9. The molecule has 0 unspecified atom stereocenters. The van der Waals surface area contributed by atoms with Gasteiger partial charge in [-0.05, 0) is 25.2 Å². The van der Waals surface area contributed by atoms with Gasteiger partial charge >= 0.3 is 17.9 Å². The lowest BCUT2D eigenvalue weighted by atomic mass is 10.0. The molecule has 0 radical (unpaired) electrons. The molecule has 0 aliphatic rings. The molecule has 0 heterocycles. The summed E-state index contributed by atoms with van der Waals surface area (Å²) in [6.45, 7) is 8.97. The van der Waals surface area contributed by atoms with Crippen molar-refractivity contribution in [2.24, 2.45) is 5.92 Å². The van der Waals surface area contributed by atoms with Crippen LogP contribution in [0.25, 0.3) is 0 Å². The molecular formula is C49H94O6. The van der Waals surface area contributed by atoms with E-state index in [-0.39, 0.29) is 31.1 Å². The van der Waals surface area contributed by atoms with E-state index in [1.165, 1.54) is 167 Å². The van der Waals surface area contributed by atoms with E-state index in [1.807, 2.05) is 0 Å². The second-order valence-electron chi connectivity index (χ2n) is 17.2. The lowest BCUT2D eigenvalue weighted by molar-refractivity contribution is -0.167. The van der Waals surface area contributed by atoms with Crippen molar-refractivity contribution in [3.05, 3.63) is 0 Å². The zero-order chi connectivity index (χ0) is 40.3. The first kappa shape index (κ1) is 53.4. The fraction of sp³-hybridized carbons (Fsp3) is 0.939. The summed E-state index contributed by atoms with van der Waals surface area (Å²) in [6, 6.07) is 0. The van der Waals surface area contributed by atoms with Crippen LogP contribution in [-0.2, 0) is 28.6 Å². The molecule has 0 amide bonds. The molecule has 0 aromatic carbocycles. The molecule has 0 bridgehead atoms. The SMILES string of the molecule is CCCCCCCCCCCCCCCCCCC(=O)O[C@H](COC(=O)CCCCCCCCCCC)COC(=O)CCCCCCCCCCCC(C)C. The first-order valence-electron chi connectivity index (χ1n) is 24.4. The number of carbonyl (C=O) groups is 3. The fourth-order valence-corrected chi connectivity index (χ4v) is 7.33. The molecule has 0 saturated carbocycles. The van der Waals surface area contributed by atoms with Gasteiger partial charge < -0.3 is 14.2 Å². The van der Waals surface area contributed by atoms with Crippen molar-refractivity contribution in [1.82, 2.24) is 0 Å². The number of esters is 3. The molecule has 0 aliphatic carbocycles. The predicted molar refractivity (Wildman–Crippen MR) is 233 cm³/mol. The first-order chi connectivity index (χ1) is 26.9. The van der Waals surface area contributed by atoms with Crippen LogP contribution in [0.2, 0.25) is 0 Å². The number of unbranched alkanes of at least 4 members (excludes halogenated alkanes) is 31. The molecule has 0 saturated heterocycles. The van der Waals surface area contributed by atoms with Crippen molar-refractivity contribution < 1.29 is 28.6 Å². The average molecular weight is 779 g/mol. The molecule has 326 valence electrons. The summed E-state index contributed by atoms with van der Waals surface area (Å²) in [6.07, 6.45) is 43.8. The van der Waals surface area contributed by atoms with Gasteiger partial charge in [-0.3, -0.25) is 14.4 Å². The van der Waals surface area contributed by atoms with Crippen LogP contribution in [0.15, 0.2) is 0 Å². The monoisotopic (exact) mass is 779 g/mol. The van der Waals surface area contributed by atoms with Crippen LogP contribution in [0.1, 0.15) is 272 Å². The minimum absolute atomic E-state index is 0.0638. The Morgan fingerprint density at radius 2 is 0.600 bits per heavy atom. The van der Waals surface area contributed by atoms with Crippen LogP contribution < -0.4 is 0 Å². The molecule has 0 aromatic heterocycles. The van der Waals surface area contributed by atoms with E-state index >= 15 is 0 Å². The van der Waals surface area contributed by atoms with Crippen LogP contribution in [-0.4, -0.2) is 37.2 Å². The van der Waals surface area contributed by atoms with Gasteiger partial charge in [-0.2, -0.15) is 0 Å². The molecule has 1 atom stereocenters. The third-order valence-electron chi connectivity index (χ3n) is 11.0. The Morgan fingerprint density at radius 1 is 0.345 bits per heavy atom. The third-order valence-corrected chi connectivity index (χ3v) is 11.0. The van der Waals surface area contributed by atoms with Crippen LogP contribution in [0.4, 0.5) is 0 Å². The second kappa shape index (κ2) is 43.5. The smallest absolute Gasteiger partial charge is 0.306 e. The number of hydrogen-bond donors (Lipinski definition) is 0. The van der Waals surface area contributed by atoms with Crippen molar-refractivity contribution >= 4 is 17.9 Å². The Morgan fingerprint density at radius 3 is 0.891 bits per heavy atom. The Kier molecular flexibility index (Phi) is 42.3. The zero-order valence-electron chi connectivity index (χ0n) is 37.4. The minimum atomic E-state index is -0.759. The quantitative estimate of drug-likeness (QED) is 0.0348. The highest BCUT2D eigenvalue weighted by Gasteiger charge is 2.19. The van der Waals surface area contributed by atoms with Gasteiger partial charge in [0.15, 0.2) is 6.10 Å². The van der Waals surface area contributed by atoms with E-state index in [0.717, 1.165) is 63.7 Å². The van der Waals surface area contributed by atoms with E-state index < -0.39 is 6.10 Å². The van der Waals surface area contributed by atoms with Gasteiger partial charge in [-0.1, -0.05) is 233 Å². The molecule has 0 spiro atoms. The Balaban J connectivity index is 4.28. The van der Waals surface area contributed by atoms with E-state index in [1.54, 1.807) is 0 Å². The van der Waals surface area contributed by atoms with E-state index in [4.69, 9.17) is 14.2 Å². The molecule has 0 aromatic rings. The number of rotatable bonds is 44. The first-order valence-corrected chi connectivity index (χ1v) is 24.4. The third kappa shape index (κ3) is 43.4. The maximum Gasteiger partial charge on any atom is 0.306 e. The topological polar surface area (TPSA) is 78.9 Å². The maximum absolute atomic E-state index is 12.7. The van der Waals surface area contributed by atoms with Gasteiger partial charge in [0.2, 0.25) is 0 Å². The summed E-state index contributed by atoms with van der Waals surface area (Å²) in [5, 5.41) is 0. The van der Waals surface area contributed by atoms with Crippen molar-refractivity contribution in [2.45, 2.75) is 278 Å². The van der Waals surface area contributed by atoms with Gasteiger partial charge in [0.05, 0.1) is 0 Å². The molecule has 6 heteroatoms. The van der Waals surface area contributed by atoms with Crippen molar-refractivity contribution in [3.63, 3.8) is 0 Å². The fourth-order valence-electron chi connectivity index (χ4n) is 7.33. The van der Waals surface area contributed by atoms with Crippen LogP contribution in [0, 0.1) is 5.92 Å². The molecule has 0 aliphatic heterocycles. The molecule has 0 rings (SSSR count). The van der Waals surface area contributed by atoms with E-state index in [2.05, 4.69) is 27.7 Å². The highest BCUT2D eigenvalue weighted by Crippen LogP contribution is 2.16. The molecule has 55 heavy (non-hydrogen) atoms. The number of ether oxygens (including phenoxy) is 3. The van der Waals surface area contributed by atoms with Crippen LogP contribution in [0.5, 0.6) is 0 Å². The Bertz CT molecular complexity index is 826. The largest absolute Gasteiger partial charge is 0.462 e. The van der Waals surface area contributed by atoms with Crippen LogP contribution >= 0.6 is 0 Å². The highest BCUT2D eigenvalue weighted by molar-refractivity contribution is 5.71. The van der Waals surface area contributed by atoms with Crippen molar-refractivity contribution in [3.8, 4) is 0 Å². The van der Waals surface area contributed by atoms with Crippen molar-refractivity contribution in [2.75, 3.05) is 13.2 Å². The summed E-state index contributed by atoms with van der Waals surface area (Å²) >= 11 is 0. The van der Waals surface area contributed by atoms with Crippen molar-refractivity contribution in [1.29, 1.82) is 0 Å². The van der Waals surface area contributed by atoms with Gasteiger partial charge in [-0.15, -0.1) is 0 Å². The number of carbonyl (C=O) groups excluding carboxylic acids is 3. The molecule has 0 fully saturated rings. The lowest BCUT2D eigenvalue weighted by Gasteiger charge is -2.18. The standard InChI is InChI=1S/C49H94O6/c1-5-7-9-11-13-15-16-17-18-19-20-21-25-30-34-38-42-49(52)55-46(43-53-47(50)40-36-32-28-23-14-12-10-8-6-2)44-54-48(51)41-37-33-29-26-22-24-27-31-35-39-45(3)4/h45-46H,5-44H2,1-4H3/t46-/m1/s1. The lowest BCUT2D eigenvalue weighted by Crippen LogP contribution is -2.30. The van der Waals surface area contributed by atoms with Gasteiger partial charge in [0.1, 0.15) is 13.2 Å². The van der Waals surface area contributed by atoms with Gasteiger partial charge in [-0.25, -0.2) is 0 Å². The molecule has 0 N–H and O–H groups in total. The summed E-state index contributed by atoms with van der Waals surface area (Å²) < 4.78 is 16.7. The Hall–Kier alpha value is -1.59. The Labute approximate surface area is 342 Å². The molecular weight excluding hydrogens is 685 g/mol. The zero-order valence-corrected chi connectivity index (χ0v) is 37.4. The number of hydrogen-bond acceptors (Lipinski definition) is 6. The second-order valence-corrected chi connectivity index (χ2v) is 17.2. The summed E-state index contributed by atoms with van der Waals surface area (Å²) in [5.41, 5.74) is 0. The van der Waals surface area contributed by atoms with E-state index in [0.29, 0.717) is 19.3 Å².